The number of hydrogen-bond acceptors (Lipinski definition) is 3. The first-order valence-electron chi connectivity index (χ1n) is 6.26. The van der Waals surface area contributed by atoms with E-state index in [1.165, 1.54) is 0 Å². The fourth-order valence-corrected chi connectivity index (χ4v) is 2.15. The van der Waals surface area contributed by atoms with Gasteiger partial charge in [-0.05, 0) is 37.3 Å². The van der Waals surface area contributed by atoms with Gasteiger partial charge in [-0.3, -0.25) is 4.98 Å². The molecule has 3 rings (SSSR count). The predicted octanol–water partition coefficient (Wildman–Crippen LogP) is 3.11. The van der Waals surface area contributed by atoms with Crippen LogP contribution in [0.1, 0.15) is 11.3 Å². The van der Waals surface area contributed by atoms with Crippen LogP contribution in [0.3, 0.4) is 0 Å². The molecule has 0 aliphatic rings. The van der Waals surface area contributed by atoms with E-state index in [1.807, 2.05) is 48.0 Å². The van der Waals surface area contributed by atoms with Crippen LogP contribution in [-0.4, -0.2) is 14.8 Å². The molecule has 0 fully saturated rings. The third-order valence-electron chi connectivity index (χ3n) is 3.17. The lowest BCUT2D eigenvalue weighted by Gasteiger charge is -2.05. The highest BCUT2D eigenvalue weighted by molar-refractivity contribution is 5.62. The van der Waals surface area contributed by atoms with Crippen LogP contribution in [0, 0.1) is 18.3 Å². The van der Waals surface area contributed by atoms with Crippen LogP contribution in [0.4, 0.5) is 0 Å². The van der Waals surface area contributed by atoms with Crippen LogP contribution >= 0.6 is 0 Å². The number of aromatic nitrogens is 3. The van der Waals surface area contributed by atoms with E-state index in [1.54, 1.807) is 18.5 Å². The highest BCUT2D eigenvalue weighted by atomic mass is 15.3. The van der Waals surface area contributed by atoms with Gasteiger partial charge in [0.05, 0.1) is 34.9 Å². The Hall–Kier alpha value is -2.93. The van der Waals surface area contributed by atoms with Crippen LogP contribution in [-0.2, 0) is 0 Å². The molecule has 0 aliphatic carbocycles. The Morgan fingerprint density at radius 1 is 1.15 bits per heavy atom. The van der Waals surface area contributed by atoms with E-state index < -0.39 is 0 Å². The summed E-state index contributed by atoms with van der Waals surface area (Å²) in [5.74, 6) is 0. The van der Waals surface area contributed by atoms with E-state index in [-0.39, 0.29) is 0 Å². The zero-order chi connectivity index (χ0) is 13.9. The molecule has 4 heteroatoms. The van der Waals surface area contributed by atoms with Crippen molar-refractivity contribution in [2.75, 3.05) is 0 Å². The van der Waals surface area contributed by atoms with Crippen molar-refractivity contribution in [3.8, 4) is 23.0 Å². The van der Waals surface area contributed by atoms with Crippen molar-refractivity contribution in [1.82, 2.24) is 14.8 Å². The first-order valence-corrected chi connectivity index (χ1v) is 6.26. The van der Waals surface area contributed by atoms with Crippen LogP contribution in [0.15, 0.2) is 54.9 Å². The average Bonchev–Trinajstić information content (AvgIpc) is 2.90. The third kappa shape index (κ3) is 2.06. The second-order valence-electron chi connectivity index (χ2n) is 4.43. The zero-order valence-corrected chi connectivity index (χ0v) is 11.0. The predicted molar refractivity (Wildman–Crippen MR) is 76.2 cm³/mol. The van der Waals surface area contributed by atoms with Gasteiger partial charge in [-0.1, -0.05) is 12.1 Å². The molecule has 0 saturated heterocycles. The summed E-state index contributed by atoms with van der Waals surface area (Å²) in [5, 5.41) is 13.4. The van der Waals surface area contributed by atoms with Crippen molar-refractivity contribution in [1.29, 1.82) is 5.26 Å². The van der Waals surface area contributed by atoms with E-state index >= 15 is 0 Å². The minimum absolute atomic E-state index is 0.622. The van der Waals surface area contributed by atoms with Gasteiger partial charge in [-0.25, -0.2) is 4.68 Å². The number of pyridine rings is 1. The first-order chi connectivity index (χ1) is 9.79. The van der Waals surface area contributed by atoms with Gasteiger partial charge < -0.3 is 0 Å². The van der Waals surface area contributed by atoms with Crippen LogP contribution in [0.5, 0.6) is 0 Å². The highest BCUT2D eigenvalue weighted by Gasteiger charge is 2.10. The number of hydrogen-bond donors (Lipinski definition) is 0. The normalized spacial score (nSPS) is 10.2. The summed E-state index contributed by atoms with van der Waals surface area (Å²) in [6, 6.07) is 15.3. The Morgan fingerprint density at radius 2 is 2.05 bits per heavy atom. The minimum Gasteiger partial charge on any atom is -0.256 e. The van der Waals surface area contributed by atoms with E-state index in [9.17, 15) is 0 Å². The van der Waals surface area contributed by atoms with Gasteiger partial charge >= 0.3 is 0 Å². The van der Waals surface area contributed by atoms with Crippen molar-refractivity contribution in [3.63, 3.8) is 0 Å². The van der Waals surface area contributed by atoms with Crippen molar-refractivity contribution in [2.45, 2.75) is 6.92 Å². The lowest BCUT2D eigenvalue weighted by Crippen LogP contribution is -1.99. The molecular weight excluding hydrogens is 248 g/mol. The van der Waals surface area contributed by atoms with Crippen LogP contribution in [0.25, 0.3) is 16.9 Å². The fraction of sp³-hybridized carbons (Fsp3) is 0.0625. The molecular formula is C16H12N4. The molecule has 1 aromatic carbocycles. The summed E-state index contributed by atoms with van der Waals surface area (Å²) < 4.78 is 1.82. The van der Waals surface area contributed by atoms with Crippen LogP contribution in [0.2, 0.25) is 0 Å². The maximum absolute atomic E-state index is 8.97. The molecule has 3 aromatic rings. The van der Waals surface area contributed by atoms with Gasteiger partial charge in [0.15, 0.2) is 0 Å². The fourth-order valence-electron chi connectivity index (χ4n) is 2.15. The van der Waals surface area contributed by atoms with Gasteiger partial charge in [0.1, 0.15) is 0 Å². The summed E-state index contributed by atoms with van der Waals surface area (Å²) in [7, 11) is 0. The number of benzene rings is 1. The molecule has 0 aliphatic heterocycles. The molecule has 96 valence electrons. The van der Waals surface area contributed by atoms with Gasteiger partial charge in [0.25, 0.3) is 0 Å². The molecule has 4 nitrogen and oxygen atoms in total. The quantitative estimate of drug-likeness (QED) is 0.711. The van der Waals surface area contributed by atoms with E-state index in [0.717, 1.165) is 22.6 Å². The van der Waals surface area contributed by atoms with Crippen molar-refractivity contribution in [2.24, 2.45) is 0 Å². The van der Waals surface area contributed by atoms with Gasteiger partial charge in [-0.15, -0.1) is 0 Å². The van der Waals surface area contributed by atoms with E-state index in [0.29, 0.717) is 5.56 Å². The molecule has 0 spiro atoms. The Balaban J connectivity index is 2.09. The summed E-state index contributed by atoms with van der Waals surface area (Å²) in [6.45, 7) is 2.00. The summed E-state index contributed by atoms with van der Waals surface area (Å²) >= 11 is 0. The molecule has 0 atom stereocenters. The topological polar surface area (TPSA) is 54.5 Å². The smallest absolute Gasteiger partial charge is 0.0992 e. The van der Waals surface area contributed by atoms with Gasteiger partial charge in [0.2, 0.25) is 0 Å². The second kappa shape index (κ2) is 4.98. The number of nitriles is 1. The lowest BCUT2D eigenvalue weighted by molar-refractivity contribution is 0.847. The maximum Gasteiger partial charge on any atom is 0.0992 e. The Labute approximate surface area is 116 Å². The lowest BCUT2D eigenvalue weighted by atomic mass is 10.1. The molecule has 0 amide bonds. The summed E-state index contributed by atoms with van der Waals surface area (Å²) in [5.41, 5.74) is 4.39. The molecule has 0 radical (unpaired) electrons. The Kier molecular flexibility index (Phi) is 3.02. The largest absolute Gasteiger partial charge is 0.256 e. The molecule has 0 N–H and O–H groups in total. The standard InChI is InChI=1S/C16H12N4/c1-12-15(16-7-2-3-8-18-16)11-19-20(12)14-6-4-5-13(9-14)10-17/h2-9,11H,1H3. The Bertz CT molecular complexity index is 782. The SMILES string of the molecule is Cc1c(-c2ccccn2)cnn1-c1cccc(C#N)c1. The second-order valence-corrected chi connectivity index (χ2v) is 4.43. The molecule has 20 heavy (non-hydrogen) atoms. The maximum atomic E-state index is 8.97. The number of nitrogens with zero attached hydrogens (tertiary/aromatic N) is 4. The minimum atomic E-state index is 0.622. The van der Waals surface area contributed by atoms with E-state index in [2.05, 4.69) is 16.2 Å². The van der Waals surface area contributed by atoms with Crippen molar-refractivity contribution in [3.05, 3.63) is 66.1 Å². The first kappa shape index (κ1) is 12.1. The summed E-state index contributed by atoms with van der Waals surface area (Å²) in [4.78, 5) is 4.34. The van der Waals surface area contributed by atoms with Gasteiger partial charge in [-0.2, -0.15) is 10.4 Å². The molecule has 0 saturated carbocycles. The molecule has 0 bridgehead atoms. The van der Waals surface area contributed by atoms with Gasteiger partial charge in [0, 0.05) is 11.8 Å². The van der Waals surface area contributed by atoms with E-state index in [4.69, 9.17) is 5.26 Å². The Morgan fingerprint density at radius 3 is 2.80 bits per heavy atom. The average molecular weight is 260 g/mol. The van der Waals surface area contributed by atoms with Crippen molar-refractivity contribution < 1.29 is 0 Å². The highest BCUT2D eigenvalue weighted by Crippen LogP contribution is 2.23. The molecule has 2 aromatic heterocycles. The van der Waals surface area contributed by atoms with Crippen LogP contribution < -0.4 is 0 Å². The third-order valence-corrected chi connectivity index (χ3v) is 3.17. The summed E-state index contributed by atoms with van der Waals surface area (Å²) in [6.07, 6.45) is 3.57. The van der Waals surface area contributed by atoms with Crippen molar-refractivity contribution >= 4 is 0 Å². The molecule has 0 unspecified atom stereocenters. The molecule has 2 heterocycles. The zero-order valence-electron chi connectivity index (χ0n) is 11.0. The number of rotatable bonds is 2. The monoisotopic (exact) mass is 260 g/mol.